The summed E-state index contributed by atoms with van der Waals surface area (Å²) in [5, 5.41) is 3.46. The molecule has 1 saturated heterocycles. The highest BCUT2D eigenvalue weighted by atomic mass is 35.5. The van der Waals surface area contributed by atoms with Gasteiger partial charge in [-0.2, -0.15) is 0 Å². The van der Waals surface area contributed by atoms with Gasteiger partial charge >= 0.3 is 0 Å². The van der Waals surface area contributed by atoms with Crippen LogP contribution >= 0.6 is 11.6 Å². The predicted molar refractivity (Wildman–Crippen MR) is 71.8 cm³/mol. The third kappa shape index (κ3) is 3.43. The zero-order chi connectivity index (χ0) is 13.0. The van der Waals surface area contributed by atoms with Gasteiger partial charge in [0.1, 0.15) is 5.15 Å². The van der Waals surface area contributed by atoms with E-state index in [2.05, 4.69) is 22.1 Å². The van der Waals surface area contributed by atoms with Crippen LogP contribution in [0.2, 0.25) is 5.15 Å². The van der Waals surface area contributed by atoms with E-state index in [9.17, 15) is 4.79 Å². The number of carbonyl (C=O) groups is 1. The largest absolute Gasteiger partial charge is 0.348 e. The van der Waals surface area contributed by atoms with Gasteiger partial charge in [0.05, 0.1) is 5.56 Å². The van der Waals surface area contributed by atoms with Gasteiger partial charge in [0.2, 0.25) is 0 Å². The van der Waals surface area contributed by atoms with E-state index in [1.54, 1.807) is 12.1 Å². The number of likely N-dealkylation sites (N-methyl/N-ethyl adjacent to an activating group) is 1. The third-order valence-electron chi connectivity index (χ3n) is 3.28. The van der Waals surface area contributed by atoms with Crippen molar-refractivity contribution in [1.82, 2.24) is 15.2 Å². The van der Waals surface area contributed by atoms with Crippen LogP contribution in [-0.2, 0) is 0 Å². The number of hydrogen-bond donors (Lipinski definition) is 1. The smallest absolute Gasteiger partial charge is 0.253 e. The van der Waals surface area contributed by atoms with E-state index in [0.717, 1.165) is 32.5 Å². The SMILES string of the molecule is CCN1CCCC(NC(=O)c2ccc(Cl)nc2)C1. The van der Waals surface area contributed by atoms with Crippen LogP contribution in [0.25, 0.3) is 0 Å². The van der Waals surface area contributed by atoms with Crippen molar-refractivity contribution in [2.45, 2.75) is 25.8 Å². The van der Waals surface area contributed by atoms with Crippen LogP contribution in [0, 0.1) is 0 Å². The third-order valence-corrected chi connectivity index (χ3v) is 3.50. The lowest BCUT2D eigenvalue weighted by Crippen LogP contribution is -2.47. The molecule has 98 valence electrons. The molecule has 1 aromatic rings. The van der Waals surface area contributed by atoms with Crippen molar-refractivity contribution in [3.63, 3.8) is 0 Å². The molecule has 2 rings (SSSR count). The van der Waals surface area contributed by atoms with Crippen LogP contribution in [0.5, 0.6) is 0 Å². The maximum atomic E-state index is 12.0. The molecule has 1 N–H and O–H groups in total. The fraction of sp³-hybridized carbons (Fsp3) is 0.538. The van der Waals surface area contributed by atoms with Crippen molar-refractivity contribution in [3.8, 4) is 0 Å². The molecule has 2 heterocycles. The molecular formula is C13H18ClN3O. The molecular weight excluding hydrogens is 250 g/mol. The molecule has 4 nitrogen and oxygen atoms in total. The summed E-state index contributed by atoms with van der Waals surface area (Å²) in [6.07, 6.45) is 3.69. The lowest BCUT2D eigenvalue weighted by molar-refractivity contribution is 0.0905. The number of nitrogens with zero attached hydrogens (tertiary/aromatic N) is 2. The number of aromatic nitrogens is 1. The average molecular weight is 268 g/mol. The maximum Gasteiger partial charge on any atom is 0.253 e. The molecule has 18 heavy (non-hydrogen) atoms. The molecule has 0 aromatic carbocycles. The van der Waals surface area contributed by atoms with E-state index in [-0.39, 0.29) is 11.9 Å². The summed E-state index contributed by atoms with van der Waals surface area (Å²) in [6, 6.07) is 3.57. The number of carbonyl (C=O) groups excluding carboxylic acids is 1. The number of halogens is 1. The van der Waals surface area contributed by atoms with Crippen molar-refractivity contribution in [2.24, 2.45) is 0 Å². The van der Waals surface area contributed by atoms with Gasteiger partial charge < -0.3 is 10.2 Å². The van der Waals surface area contributed by atoms with Gasteiger partial charge in [0.15, 0.2) is 0 Å². The minimum atomic E-state index is -0.0675. The Morgan fingerprint density at radius 1 is 1.61 bits per heavy atom. The van der Waals surface area contributed by atoms with Crippen LogP contribution < -0.4 is 5.32 Å². The van der Waals surface area contributed by atoms with Crippen molar-refractivity contribution in [1.29, 1.82) is 0 Å². The first-order valence-electron chi connectivity index (χ1n) is 6.34. The Bertz CT molecular complexity index is 407. The summed E-state index contributed by atoms with van der Waals surface area (Å²) < 4.78 is 0. The number of amides is 1. The van der Waals surface area contributed by atoms with Crippen molar-refractivity contribution < 1.29 is 4.79 Å². The number of likely N-dealkylation sites (tertiary alicyclic amines) is 1. The Morgan fingerprint density at radius 3 is 3.11 bits per heavy atom. The molecule has 1 aliphatic heterocycles. The summed E-state index contributed by atoms with van der Waals surface area (Å²) in [5.74, 6) is -0.0675. The first-order valence-corrected chi connectivity index (χ1v) is 6.71. The lowest BCUT2D eigenvalue weighted by atomic mass is 10.1. The van der Waals surface area contributed by atoms with Crippen molar-refractivity contribution >= 4 is 17.5 Å². The molecule has 0 bridgehead atoms. The molecule has 0 aliphatic carbocycles. The van der Waals surface area contributed by atoms with Gasteiger partial charge in [0.25, 0.3) is 5.91 Å². The fourth-order valence-electron chi connectivity index (χ4n) is 2.24. The Labute approximate surface area is 112 Å². The molecule has 0 saturated carbocycles. The summed E-state index contributed by atoms with van der Waals surface area (Å²) >= 11 is 5.70. The fourth-order valence-corrected chi connectivity index (χ4v) is 2.35. The molecule has 1 atom stereocenters. The van der Waals surface area contributed by atoms with E-state index in [0.29, 0.717) is 10.7 Å². The van der Waals surface area contributed by atoms with Crippen LogP contribution in [0.1, 0.15) is 30.1 Å². The number of nitrogens with one attached hydrogen (secondary N) is 1. The molecule has 1 aliphatic rings. The first kappa shape index (κ1) is 13.3. The number of rotatable bonds is 3. The lowest BCUT2D eigenvalue weighted by Gasteiger charge is -2.32. The number of hydrogen-bond acceptors (Lipinski definition) is 3. The Kier molecular flexibility index (Phi) is 4.55. The second kappa shape index (κ2) is 6.16. The van der Waals surface area contributed by atoms with Crippen LogP contribution in [0.15, 0.2) is 18.3 Å². The Hall–Kier alpha value is -1.13. The maximum absolute atomic E-state index is 12.0. The predicted octanol–water partition coefficient (Wildman–Crippen LogP) is 1.95. The number of piperidine rings is 1. The molecule has 1 unspecified atom stereocenters. The van der Waals surface area contributed by atoms with E-state index in [1.165, 1.54) is 6.20 Å². The highest BCUT2D eigenvalue weighted by Crippen LogP contribution is 2.11. The van der Waals surface area contributed by atoms with Gasteiger partial charge in [0, 0.05) is 18.8 Å². The minimum absolute atomic E-state index is 0.0675. The van der Waals surface area contributed by atoms with Gasteiger partial charge in [-0.25, -0.2) is 4.98 Å². The molecule has 5 heteroatoms. The van der Waals surface area contributed by atoms with E-state index < -0.39 is 0 Å². The molecule has 1 fully saturated rings. The van der Waals surface area contributed by atoms with E-state index in [4.69, 9.17) is 11.6 Å². The van der Waals surface area contributed by atoms with E-state index >= 15 is 0 Å². The van der Waals surface area contributed by atoms with Gasteiger partial charge in [-0.05, 0) is 38.1 Å². The molecule has 0 spiro atoms. The standard InChI is InChI=1S/C13H18ClN3O/c1-2-17-7-3-4-11(9-17)16-13(18)10-5-6-12(14)15-8-10/h5-6,8,11H,2-4,7,9H2,1H3,(H,16,18). The Balaban J connectivity index is 1.92. The van der Waals surface area contributed by atoms with Crippen molar-refractivity contribution in [2.75, 3.05) is 19.6 Å². The monoisotopic (exact) mass is 267 g/mol. The average Bonchev–Trinajstić information content (AvgIpc) is 2.39. The van der Waals surface area contributed by atoms with Crippen molar-refractivity contribution in [3.05, 3.63) is 29.0 Å². The number of pyridine rings is 1. The molecule has 1 amide bonds. The minimum Gasteiger partial charge on any atom is -0.348 e. The van der Waals surface area contributed by atoms with Gasteiger partial charge in [-0.1, -0.05) is 18.5 Å². The highest BCUT2D eigenvalue weighted by molar-refractivity contribution is 6.29. The first-order chi connectivity index (χ1) is 8.69. The zero-order valence-corrected chi connectivity index (χ0v) is 11.3. The molecule has 1 aromatic heterocycles. The summed E-state index contributed by atoms with van der Waals surface area (Å²) in [5.41, 5.74) is 0.563. The quantitative estimate of drug-likeness (QED) is 0.852. The summed E-state index contributed by atoms with van der Waals surface area (Å²) in [6.45, 7) is 5.25. The topological polar surface area (TPSA) is 45.2 Å². The van der Waals surface area contributed by atoms with Crippen LogP contribution in [0.4, 0.5) is 0 Å². The second-order valence-electron chi connectivity index (χ2n) is 4.58. The summed E-state index contributed by atoms with van der Waals surface area (Å²) in [7, 11) is 0. The zero-order valence-electron chi connectivity index (χ0n) is 10.5. The van der Waals surface area contributed by atoms with E-state index in [1.807, 2.05) is 0 Å². The second-order valence-corrected chi connectivity index (χ2v) is 4.96. The van der Waals surface area contributed by atoms with Gasteiger partial charge in [-0.15, -0.1) is 0 Å². The van der Waals surface area contributed by atoms with Gasteiger partial charge in [-0.3, -0.25) is 4.79 Å². The summed E-state index contributed by atoms with van der Waals surface area (Å²) in [4.78, 5) is 18.3. The molecule has 0 radical (unpaired) electrons. The normalized spacial score (nSPS) is 20.7. The Morgan fingerprint density at radius 2 is 2.44 bits per heavy atom. The highest BCUT2D eigenvalue weighted by Gasteiger charge is 2.20. The van der Waals surface area contributed by atoms with Crippen LogP contribution in [-0.4, -0.2) is 41.5 Å². The van der Waals surface area contributed by atoms with Crippen LogP contribution in [0.3, 0.4) is 0 Å².